The van der Waals surface area contributed by atoms with Gasteiger partial charge in [0.1, 0.15) is 0 Å². The van der Waals surface area contributed by atoms with Crippen molar-refractivity contribution >= 4 is 27.7 Å². The molecule has 0 aliphatic heterocycles. The first-order valence-corrected chi connectivity index (χ1v) is 14.2. The fraction of sp³-hybridized carbons (Fsp3) is 0.154. The van der Waals surface area contributed by atoms with E-state index in [1.54, 1.807) is 0 Å². The van der Waals surface area contributed by atoms with Crippen LogP contribution >= 0.6 is 0 Å². The standard InChI is InChI=1S/C39H38N2/c1-6-12-31(26(3)7-2)23-27(4)37(34-24-32-14-8-9-15-33(32)25-34)29-17-19-30(20-18-29)39(41-5)36-22-21-28-13-10-11-16-35(28)38(36)40/h6-23H,2,24-25,40H2,1,3-5H3/b12-6-,27-23+,31-26+,41-39-. The van der Waals surface area contributed by atoms with Gasteiger partial charge in [-0.1, -0.05) is 121 Å². The highest BCUT2D eigenvalue weighted by Gasteiger charge is 2.21. The lowest BCUT2D eigenvalue weighted by atomic mass is 9.89. The minimum atomic E-state index is 0.763. The van der Waals surface area contributed by atoms with E-state index >= 15 is 0 Å². The normalized spacial score (nSPS) is 14.4. The molecular formula is C39H38N2. The van der Waals surface area contributed by atoms with Crippen LogP contribution in [0.5, 0.6) is 0 Å². The molecule has 0 saturated carbocycles. The topological polar surface area (TPSA) is 38.4 Å². The molecule has 4 aromatic carbocycles. The van der Waals surface area contributed by atoms with Gasteiger partial charge < -0.3 is 5.73 Å². The maximum atomic E-state index is 6.67. The van der Waals surface area contributed by atoms with Crippen molar-refractivity contribution in [2.75, 3.05) is 12.8 Å². The van der Waals surface area contributed by atoms with Crippen LogP contribution in [0.3, 0.4) is 0 Å². The van der Waals surface area contributed by atoms with Gasteiger partial charge in [0.25, 0.3) is 0 Å². The summed E-state index contributed by atoms with van der Waals surface area (Å²) in [7, 11) is 1.84. The molecule has 2 heteroatoms. The monoisotopic (exact) mass is 534 g/mol. The Hall–Kier alpha value is -4.69. The molecule has 0 bridgehead atoms. The van der Waals surface area contributed by atoms with Crippen LogP contribution in [0.15, 0.2) is 143 Å². The van der Waals surface area contributed by atoms with Crippen molar-refractivity contribution in [1.82, 2.24) is 0 Å². The number of rotatable bonds is 7. The summed E-state index contributed by atoms with van der Waals surface area (Å²) in [5.41, 5.74) is 20.7. The van der Waals surface area contributed by atoms with E-state index in [-0.39, 0.29) is 0 Å². The first-order valence-electron chi connectivity index (χ1n) is 14.2. The van der Waals surface area contributed by atoms with Gasteiger partial charge in [0.15, 0.2) is 0 Å². The van der Waals surface area contributed by atoms with E-state index in [1.165, 1.54) is 39.0 Å². The Labute approximate surface area is 244 Å². The van der Waals surface area contributed by atoms with Crippen LogP contribution in [-0.2, 0) is 12.8 Å². The van der Waals surface area contributed by atoms with E-state index in [0.717, 1.165) is 51.7 Å². The molecule has 41 heavy (non-hydrogen) atoms. The first kappa shape index (κ1) is 27.9. The molecular weight excluding hydrogens is 496 g/mol. The number of anilines is 1. The lowest BCUT2D eigenvalue weighted by Crippen LogP contribution is -2.07. The van der Waals surface area contributed by atoms with Crippen LogP contribution < -0.4 is 5.73 Å². The van der Waals surface area contributed by atoms with Crippen molar-refractivity contribution in [2.45, 2.75) is 33.6 Å². The third-order valence-corrected chi connectivity index (χ3v) is 8.05. The van der Waals surface area contributed by atoms with Gasteiger partial charge in [-0.15, -0.1) is 0 Å². The molecule has 0 radical (unpaired) electrons. The second-order valence-corrected chi connectivity index (χ2v) is 10.7. The summed E-state index contributed by atoms with van der Waals surface area (Å²) < 4.78 is 0. The molecule has 0 amide bonds. The number of aliphatic imine (C=N–C) groups is 1. The molecule has 0 saturated heterocycles. The van der Waals surface area contributed by atoms with Crippen molar-refractivity contribution < 1.29 is 0 Å². The van der Waals surface area contributed by atoms with Crippen molar-refractivity contribution in [3.8, 4) is 0 Å². The SMILES string of the molecule is C=C/C(C)=C(\C=C/C)/C=C(\C)C(=C1Cc2ccccc2C1)c1ccc(/C(=N/C)c2ccc3ccccc3c2N)cc1. The molecule has 5 rings (SSSR count). The minimum absolute atomic E-state index is 0.763. The summed E-state index contributed by atoms with van der Waals surface area (Å²) >= 11 is 0. The Kier molecular flexibility index (Phi) is 8.31. The lowest BCUT2D eigenvalue weighted by Gasteiger charge is -2.16. The van der Waals surface area contributed by atoms with Gasteiger partial charge >= 0.3 is 0 Å². The number of hydrogen-bond acceptors (Lipinski definition) is 2. The van der Waals surface area contributed by atoms with Crippen LogP contribution in [0.4, 0.5) is 5.69 Å². The summed E-state index contributed by atoms with van der Waals surface area (Å²) in [5, 5.41) is 2.19. The maximum Gasteiger partial charge on any atom is 0.0736 e. The Morgan fingerprint density at radius 3 is 2.10 bits per heavy atom. The third-order valence-electron chi connectivity index (χ3n) is 8.05. The summed E-state index contributed by atoms with van der Waals surface area (Å²) in [5.74, 6) is 0. The lowest BCUT2D eigenvalue weighted by molar-refractivity contribution is 1.16. The number of nitrogens with zero attached hydrogens (tertiary/aromatic N) is 1. The Morgan fingerprint density at radius 1 is 0.829 bits per heavy atom. The van der Waals surface area contributed by atoms with Crippen molar-refractivity contribution in [3.05, 3.63) is 166 Å². The highest BCUT2D eigenvalue weighted by atomic mass is 14.7. The van der Waals surface area contributed by atoms with Crippen LogP contribution in [0, 0.1) is 0 Å². The zero-order valence-corrected chi connectivity index (χ0v) is 24.5. The summed E-state index contributed by atoms with van der Waals surface area (Å²) in [6.45, 7) is 10.4. The number of nitrogens with two attached hydrogens (primary N) is 1. The molecule has 0 atom stereocenters. The second kappa shape index (κ2) is 12.2. The van der Waals surface area contributed by atoms with Crippen molar-refractivity contribution in [3.63, 3.8) is 0 Å². The van der Waals surface area contributed by atoms with Crippen LogP contribution in [0.2, 0.25) is 0 Å². The van der Waals surface area contributed by atoms with E-state index in [4.69, 9.17) is 5.73 Å². The zero-order chi connectivity index (χ0) is 28.9. The predicted molar refractivity (Wildman–Crippen MR) is 179 cm³/mol. The molecule has 0 heterocycles. The first-order chi connectivity index (χ1) is 19.9. The largest absolute Gasteiger partial charge is 0.398 e. The fourth-order valence-electron chi connectivity index (χ4n) is 5.91. The highest BCUT2D eigenvalue weighted by Crippen LogP contribution is 2.37. The van der Waals surface area contributed by atoms with Crippen molar-refractivity contribution in [2.24, 2.45) is 4.99 Å². The molecule has 1 aliphatic rings. The van der Waals surface area contributed by atoms with Crippen LogP contribution in [0.1, 0.15) is 48.6 Å². The number of allylic oxidation sites excluding steroid dienone is 9. The molecule has 2 N–H and O–H groups in total. The van der Waals surface area contributed by atoms with E-state index in [9.17, 15) is 0 Å². The molecule has 1 aliphatic carbocycles. The Morgan fingerprint density at radius 2 is 1.46 bits per heavy atom. The highest BCUT2D eigenvalue weighted by molar-refractivity contribution is 6.19. The minimum Gasteiger partial charge on any atom is -0.398 e. The zero-order valence-electron chi connectivity index (χ0n) is 24.5. The second-order valence-electron chi connectivity index (χ2n) is 10.7. The summed E-state index contributed by atoms with van der Waals surface area (Å²) in [4.78, 5) is 4.69. The molecule has 0 unspecified atom stereocenters. The molecule has 0 fully saturated rings. The van der Waals surface area contributed by atoms with E-state index < -0.39 is 0 Å². The predicted octanol–water partition coefficient (Wildman–Crippen LogP) is 9.47. The molecule has 204 valence electrons. The number of fused-ring (bicyclic) bond motifs is 2. The van der Waals surface area contributed by atoms with Gasteiger partial charge in [-0.3, -0.25) is 4.99 Å². The average molecular weight is 535 g/mol. The number of benzene rings is 4. The smallest absolute Gasteiger partial charge is 0.0736 e. The van der Waals surface area contributed by atoms with Gasteiger partial charge in [0.2, 0.25) is 0 Å². The van der Waals surface area contributed by atoms with Gasteiger partial charge in [-0.25, -0.2) is 0 Å². The number of hydrogen-bond donors (Lipinski definition) is 1. The van der Waals surface area contributed by atoms with Crippen LogP contribution in [0.25, 0.3) is 16.3 Å². The molecule has 0 aromatic heterocycles. The maximum absolute atomic E-state index is 6.67. The quantitative estimate of drug-likeness (QED) is 0.143. The molecule has 4 aromatic rings. The number of nitrogen functional groups attached to an aromatic ring is 1. The third kappa shape index (κ3) is 5.64. The van der Waals surface area contributed by atoms with Gasteiger partial charge in [-0.2, -0.15) is 0 Å². The van der Waals surface area contributed by atoms with E-state index in [2.05, 4.69) is 123 Å². The van der Waals surface area contributed by atoms with Crippen molar-refractivity contribution in [1.29, 1.82) is 0 Å². The van der Waals surface area contributed by atoms with Gasteiger partial charge in [0.05, 0.1) is 5.71 Å². The Balaban J connectivity index is 1.59. The average Bonchev–Trinajstić information content (AvgIpc) is 3.42. The summed E-state index contributed by atoms with van der Waals surface area (Å²) in [6.07, 6.45) is 10.4. The van der Waals surface area contributed by atoms with Gasteiger partial charge in [-0.05, 0) is 78.0 Å². The van der Waals surface area contributed by atoms with E-state index in [0.29, 0.717) is 0 Å². The summed E-state index contributed by atoms with van der Waals surface area (Å²) in [6, 6.07) is 30.1. The molecule has 0 spiro atoms. The fourth-order valence-corrected chi connectivity index (χ4v) is 5.91. The van der Waals surface area contributed by atoms with Gasteiger partial charge in [0, 0.05) is 29.2 Å². The Bertz CT molecular complexity index is 1750. The van der Waals surface area contributed by atoms with E-state index in [1.807, 2.05) is 25.3 Å². The van der Waals surface area contributed by atoms with Crippen LogP contribution in [-0.4, -0.2) is 12.8 Å². The molecule has 2 nitrogen and oxygen atoms in total.